The second kappa shape index (κ2) is 8.43. The van der Waals surface area contributed by atoms with Gasteiger partial charge in [-0.05, 0) is 56.5 Å². The van der Waals surface area contributed by atoms with E-state index >= 15 is 0 Å². The number of hydrogen-bond donors (Lipinski definition) is 1. The molecule has 2 rings (SSSR count). The minimum atomic E-state index is -0.364. The topological polar surface area (TPSA) is 52.7 Å². The lowest BCUT2D eigenvalue weighted by molar-refractivity contribution is -0.139. The number of likely N-dealkylation sites (N-methyl/N-ethyl adjacent to an activating group) is 1. The number of anilines is 1. The van der Waals surface area contributed by atoms with Gasteiger partial charge in [0.1, 0.15) is 5.82 Å². The number of hydrogen-bond acceptors (Lipinski definition) is 3. The van der Waals surface area contributed by atoms with Gasteiger partial charge in [-0.2, -0.15) is 0 Å². The van der Waals surface area contributed by atoms with Crippen molar-refractivity contribution in [1.29, 1.82) is 0 Å². The summed E-state index contributed by atoms with van der Waals surface area (Å²) in [5.74, 6) is 0.503. The molecular formula is C19H28FN3O2. The number of nitrogens with zero attached hydrogens (tertiary/aromatic N) is 2. The van der Waals surface area contributed by atoms with Crippen molar-refractivity contribution in [3.05, 3.63) is 30.1 Å². The summed E-state index contributed by atoms with van der Waals surface area (Å²) in [6, 6.07) is 5.25. The van der Waals surface area contributed by atoms with Crippen LogP contribution in [-0.2, 0) is 9.59 Å². The van der Waals surface area contributed by atoms with Crippen molar-refractivity contribution in [2.75, 3.05) is 32.0 Å². The Morgan fingerprint density at radius 1 is 1.24 bits per heavy atom. The van der Waals surface area contributed by atoms with E-state index in [1.165, 1.54) is 24.3 Å². The SMILES string of the molecule is C[C@@H]1C[C@H](C)CN(C(=O)[C@@H](C)N(C)CC(=O)Nc2ccc(F)cc2)C1. The second-order valence-corrected chi connectivity index (χ2v) is 7.34. The third-order valence-electron chi connectivity index (χ3n) is 4.72. The standard InChI is InChI=1S/C19H28FN3O2/c1-13-9-14(2)11-23(10-13)19(25)15(3)22(4)12-18(24)21-17-7-5-16(20)6-8-17/h5-8,13-15H,9-12H2,1-4H3,(H,21,24)/t13-,14+,15-/m1/s1. The molecule has 1 fully saturated rings. The molecular weight excluding hydrogens is 321 g/mol. The van der Waals surface area contributed by atoms with Crippen LogP contribution in [0.25, 0.3) is 0 Å². The first-order valence-electron chi connectivity index (χ1n) is 8.80. The van der Waals surface area contributed by atoms with Crippen molar-refractivity contribution in [1.82, 2.24) is 9.80 Å². The molecule has 0 aromatic heterocycles. The average Bonchev–Trinajstić information content (AvgIpc) is 2.54. The number of likely N-dealkylation sites (tertiary alicyclic amines) is 1. The van der Waals surface area contributed by atoms with Gasteiger partial charge in [0.25, 0.3) is 0 Å². The third-order valence-corrected chi connectivity index (χ3v) is 4.72. The summed E-state index contributed by atoms with van der Waals surface area (Å²) in [6.07, 6.45) is 1.15. The van der Waals surface area contributed by atoms with Gasteiger partial charge in [0.2, 0.25) is 11.8 Å². The number of piperidine rings is 1. The zero-order chi connectivity index (χ0) is 18.6. The highest BCUT2D eigenvalue weighted by molar-refractivity contribution is 5.92. The van der Waals surface area contributed by atoms with Gasteiger partial charge in [0.15, 0.2) is 0 Å². The van der Waals surface area contributed by atoms with Crippen LogP contribution in [0.2, 0.25) is 0 Å². The fraction of sp³-hybridized carbons (Fsp3) is 0.579. The normalized spacial score (nSPS) is 21.9. The first kappa shape index (κ1) is 19.4. The van der Waals surface area contributed by atoms with Crippen molar-refractivity contribution in [2.45, 2.75) is 33.2 Å². The summed E-state index contributed by atoms with van der Waals surface area (Å²) in [6.45, 7) is 7.83. The molecule has 138 valence electrons. The predicted octanol–water partition coefficient (Wildman–Crippen LogP) is 2.59. The lowest BCUT2D eigenvalue weighted by atomic mass is 9.91. The fourth-order valence-electron chi connectivity index (χ4n) is 3.39. The second-order valence-electron chi connectivity index (χ2n) is 7.34. The van der Waals surface area contributed by atoms with Gasteiger partial charge in [0, 0.05) is 18.8 Å². The maximum atomic E-state index is 12.9. The molecule has 1 aromatic carbocycles. The molecule has 0 saturated carbocycles. The summed E-state index contributed by atoms with van der Waals surface area (Å²) in [5, 5.41) is 2.72. The molecule has 2 amide bonds. The summed E-state index contributed by atoms with van der Waals surface area (Å²) in [5.41, 5.74) is 0.539. The molecule has 0 unspecified atom stereocenters. The van der Waals surface area contributed by atoms with Crippen molar-refractivity contribution in [3.63, 3.8) is 0 Å². The molecule has 1 aliphatic rings. The molecule has 1 aromatic rings. The van der Waals surface area contributed by atoms with Crippen molar-refractivity contribution >= 4 is 17.5 Å². The Kier molecular flexibility index (Phi) is 6.53. The van der Waals surface area contributed by atoms with E-state index in [0.29, 0.717) is 17.5 Å². The molecule has 6 heteroatoms. The van der Waals surface area contributed by atoms with Gasteiger partial charge in [-0.3, -0.25) is 14.5 Å². The Hall–Kier alpha value is -1.95. The maximum Gasteiger partial charge on any atom is 0.239 e. The van der Waals surface area contributed by atoms with E-state index in [9.17, 15) is 14.0 Å². The predicted molar refractivity (Wildman–Crippen MR) is 96.6 cm³/mol. The Bertz CT molecular complexity index is 595. The zero-order valence-electron chi connectivity index (χ0n) is 15.5. The number of halogens is 1. The van der Waals surface area contributed by atoms with E-state index in [1.54, 1.807) is 11.9 Å². The van der Waals surface area contributed by atoms with Gasteiger partial charge in [-0.1, -0.05) is 13.8 Å². The van der Waals surface area contributed by atoms with Crippen LogP contribution >= 0.6 is 0 Å². The molecule has 1 heterocycles. The first-order valence-corrected chi connectivity index (χ1v) is 8.80. The highest BCUT2D eigenvalue weighted by Crippen LogP contribution is 2.22. The Morgan fingerprint density at radius 2 is 1.80 bits per heavy atom. The average molecular weight is 349 g/mol. The maximum absolute atomic E-state index is 12.9. The van der Waals surface area contributed by atoms with Crippen LogP contribution in [0.4, 0.5) is 10.1 Å². The van der Waals surface area contributed by atoms with E-state index in [0.717, 1.165) is 19.5 Å². The quantitative estimate of drug-likeness (QED) is 0.889. The minimum Gasteiger partial charge on any atom is -0.341 e. The van der Waals surface area contributed by atoms with Crippen molar-refractivity contribution in [2.24, 2.45) is 11.8 Å². The van der Waals surface area contributed by atoms with E-state index in [1.807, 2.05) is 11.8 Å². The van der Waals surface area contributed by atoms with E-state index in [4.69, 9.17) is 0 Å². The van der Waals surface area contributed by atoms with Crippen LogP contribution in [0.1, 0.15) is 27.2 Å². The molecule has 5 nitrogen and oxygen atoms in total. The number of rotatable bonds is 5. The molecule has 3 atom stereocenters. The van der Waals surface area contributed by atoms with Crippen LogP contribution < -0.4 is 5.32 Å². The Morgan fingerprint density at radius 3 is 2.36 bits per heavy atom. The summed E-state index contributed by atoms with van der Waals surface area (Å²) < 4.78 is 12.9. The number of nitrogens with one attached hydrogen (secondary N) is 1. The number of benzene rings is 1. The molecule has 0 spiro atoms. The van der Waals surface area contributed by atoms with Crippen LogP contribution in [0.5, 0.6) is 0 Å². The van der Waals surface area contributed by atoms with Gasteiger partial charge >= 0.3 is 0 Å². The van der Waals surface area contributed by atoms with Crippen LogP contribution in [0.3, 0.4) is 0 Å². The first-order chi connectivity index (χ1) is 11.8. The lowest BCUT2D eigenvalue weighted by Gasteiger charge is -2.38. The fourth-order valence-corrected chi connectivity index (χ4v) is 3.39. The highest BCUT2D eigenvalue weighted by atomic mass is 19.1. The smallest absolute Gasteiger partial charge is 0.239 e. The van der Waals surface area contributed by atoms with Crippen LogP contribution in [0, 0.1) is 17.7 Å². The van der Waals surface area contributed by atoms with Gasteiger partial charge in [-0.25, -0.2) is 4.39 Å². The van der Waals surface area contributed by atoms with Crippen molar-refractivity contribution in [3.8, 4) is 0 Å². The van der Waals surface area contributed by atoms with Gasteiger partial charge < -0.3 is 10.2 Å². The highest BCUT2D eigenvalue weighted by Gasteiger charge is 2.30. The van der Waals surface area contributed by atoms with E-state index in [-0.39, 0.29) is 30.2 Å². The van der Waals surface area contributed by atoms with E-state index < -0.39 is 0 Å². The minimum absolute atomic E-state index is 0.0653. The largest absolute Gasteiger partial charge is 0.341 e. The molecule has 0 bridgehead atoms. The molecule has 1 saturated heterocycles. The Labute approximate surface area is 149 Å². The molecule has 0 aliphatic carbocycles. The van der Waals surface area contributed by atoms with Gasteiger partial charge in [-0.15, -0.1) is 0 Å². The number of carbonyl (C=O) groups excluding carboxylic acids is 2. The molecule has 0 radical (unpaired) electrons. The van der Waals surface area contributed by atoms with E-state index in [2.05, 4.69) is 19.2 Å². The Balaban J connectivity index is 1.88. The summed E-state index contributed by atoms with van der Waals surface area (Å²) >= 11 is 0. The molecule has 1 N–H and O–H groups in total. The number of amides is 2. The summed E-state index contributed by atoms with van der Waals surface area (Å²) in [4.78, 5) is 28.5. The van der Waals surface area contributed by atoms with Crippen LogP contribution in [-0.4, -0.2) is 54.3 Å². The van der Waals surface area contributed by atoms with Crippen LogP contribution in [0.15, 0.2) is 24.3 Å². The number of carbonyl (C=O) groups is 2. The zero-order valence-corrected chi connectivity index (χ0v) is 15.5. The lowest BCUT2D eigenvalue weighted by Crippen LogP contribution is -2.51. The third kappa shape index (κ3) is 5.53. The molecule has 1 aliphatic heterocycles. The summed E-state index contributed by atoms with van der Waals surface area (Å²) in [7, 11) is 1.77. The monoisotopic (exact) mass is 349 g/mol. The van der Waals surface area contributed by atoms with Gasteiger partial charge in [0.05, 0.1) is 12.6 Å². The van der Waals surface area contributed by atoms with Crippen molar-refractivity contribution < 1.29 is 14.0 Å². The molecule has 25 heavy (non-hydrogen) atoms.